The Balaban J connectivity index is 1.24. The van der Waals surface area contributed by atoms with Gasteiger partial charge in [-0.15, -0.1) is 0 Å². The highest BCUT2D eigenvalue weighted by atomic mass is 16.7. The van der Waals surface area contributed by atoms with Crippen molar-refractivity contribution in [2.24, 2.45) is 0 Å². The van der Waals surface area contributed by atoms with Gasteiger partial charge in [-0.25, -0.2) is 4.98 Å². The maximum atomic E-state index is 6.41. The lowest BCUT2D eigenvalue weighted by molar-refractivity contribution is 0.00578. The standard InChI is InChI=1S/C39H33BN4O3/c1-38(2)39(3,4)47-40(46-38)25-21-22-32-29(23-25)34-28(17-12-20-33(34)45-32)36-41-35(24-13-6-5-7-14-24)42-37(43-36)44-30-18-10-8-15-26(30)27-16-9-11-19-31(27)44/h5-23,26,30H,1-4H3. The molecule has 2 atom stereocenters. The predicted octanol–water partition coefficient (Wildman–Crippen LogP) is 8.13. The summed E-state index contributed by atoms with van der Waals surface area (Å²) in [5, 5.41) is 1.90. The number of fused-ring (bicyclic) bond motifs is 6. The average molecular weight is 617 g/mol. The molecule has 8 heteroatoms. The summed E-state index contributed by atoms with van der Waals surface area (Å²) in [7, 11) is -0.490. The van der Waals surface area contributed by atoms with Crippen molar-refractivity contribution >= 4 is 46.2 Å². The van der Waals surface area contributed by atoms with Gasteiger partial charge in [0.25, 0.3) is 0 Å². The van der Waals surface area contributed by atoms with E-state index in [9.17, 15) is 0 Å². The number of furan rings is 1. The molecule has 0 bridgehead atoms. The van der Waals surface area contributed by atoms with Gasteiger partial charge < -0.3 is 18.6 Å². The molecular formula is C39H33BN4O3. The van der Waals surface area contributed by atoms with Crippen LogP contribution in [0.25, 0.3) is 44.7 Å². The van der Waals surface area contributed by atoms with Crippen molar-refractivity contribution in [1.29, 1.82) is 0 Å². The lowest BCUT2D eigenvalue weighted by Gasteiger charge is -2.32. The van der Waals surface area contributed by atoms with E-state index in [1.165, 1.54) is 5.56 Å². The van der Waals surface area contributed by atoms with Crippen LogP contribution in [0.4, 0.5) is 11.6 Å². The molecule has 0 N–H and O–H groups in total. The molecule has 0 radical (unpaired) electrons. The third kappa shape index (κ3) is 4.39. The first-order chi connectivity index (χ1) is 22.8. The highest BCUT2D eigenvalue weighted by Crippen LogP contribution is 2.47. The lowest BCUT2D eigenvalue weighted by Crippen LogP contribution is -2.41. The Bertz CT molecular complexity index is 2240. The lowest BCUT2D eigenvalue weighted by atomic mass is 9.78. The summed E-state index contributed by atoms with van der Waals surface area (Å²) < 4.78 is 19.2. The van der Waals surface area contributed by atoms with Gasteiger partial charge in [-0.2, -0.15) is 9.97 Å². The van der Waals surface area contributed by atoms with Gasteiger partial charge in [0.05, 0.1) is 17.2 Å². The Morgan fingerprint density at radius 1 is 0.702 bits per heavy atom. The molecule has 0 amide bonds. The van der Waals surface area contributed by atoms with Gasteiger partial charge in [0, 0.05) is 33.5 Å². The Hall–Kier alpha value is -5.05. The fraction of sp³-hybridized carbons (Fsp3) is 0.205. The second kappa shape index (κ2) is 10.2. The van der Waals surface area contributed by atoms with Gasteiger partial charge in [-0.3, -0.25) is 0 Å². The minimum atomic E-state index is -0.490. The minimum Gasteiger partial charge on any atom is -0.456 e. The van der Waals surface area contributed by atoms with Crippen LogP contribution < -0.4 is 10.4 Å². The van der Waals surface area contributed by atoms with Gasteiger partial charge in [0.1, 0.15) is 11.2 Å². The Morgan fingerprint density at radius 2 is 1.45 bits per heavy atom. The van der Waals surface area contributed by atoms with Crippen molar-refractivity contribution in [3.63, 3.8) is 0 Å². The van der Waals surface area contributed by atoms with Gasteiger partial charge >= 0.3 is 7.12 Å². The second-order valence-corrected chi connectivity index (χ2v) is 13.5. The van der Waals surface area contributed by atoms with Crippen molar-refractivity contribution in [2.45, 2.75) is 50.9 Å². The van der Waals surface area contributed by atoms with E-state index in [2.05, 4.69) is 93.3 Å². The maximum absolute atomic E-state index is 6.41. The summed E-state index contributed by atoms with van der Waals surface area (Å²) in [5.41, 5.74) is 5.76. The van der Waals surface area contributed by atoms with Crippen LogP contribution in [0.1, 0.15) is 39.2 Å². The number of anilines is 2. The molecule has 4 aromatic carbocycles. The van der Waals surface area contributed by atoms with Crippen LogP contribution in [0.15, 0.2) is 120 Å². The zero-order valence-corrected chi connectivity index (χ0v) is 26.7. The maximum Gasteiger partial charge on any atom is 0.494 e. The number of aromatic nitrogens is 3. The van der Waals surface area contributed by atoms with E-state index >= 15 is 0 Å². The fourth-order valence-corrected chi connectivity index (χ4v) is 6.99. The number of para-hydroxylation sites is 1. The summed E-state index contributed by atoms with van der Waals surface area (Å²) in [6.07, 6.45) is 8.73. The average Bonchev–Trinajstić information content (AvgIpc) is 3.70. The van der Waals surface area contributed by atoms with Crippen molar-refractivity contribution in [1.82, 2.24) is 15.0 Å². The molecule has 6 aromatic rings. The Morgan fingerprint density at radius 3 is 2.28 bits per heavy atom. The number of nitrogens with zero attached hydrogens (tertiary/aromatic N) is 4. The molecule has 7 nitrogen and oxygen atoms in total. The Kier molecular flexibility index (Phi) is 6.14. The first kappa shape index (κ1) is 28.2. The molecular weight excluding hydrogens is 583 g/mol. The zero-order valence-electron chi connectivity index (χ0n) is 26.7. The zero-order chi connectivity index (χ0) is 31.9. The molecule has 230 valence electrons. The molecule has 9 rings (SSSR count). The van der Waals surface area contributed by atoms with Gasteiger partial charge in [-0.1, -0.05) is 97.1 Å². The molecule has 1 saturated heterocycles. The highest BCUT2D eigenvalue weighted by Gasteiger charge is 2.51. The SMILES string of the molecule is CC1(C)OB(c2ccc3oc4cccc(-c5nc(-c6ccccc6)nc(N6c7ccccc7C7C=CC=CC76)n5)c4c3c2)OC1(C)C. The first-order valence-corrected chi connectivity index (χ1v) is 16.1. The number of hydrogen-bond donors (Lipinski definition) is 0. The minimum absolute atomic E-state index is 0.0595. The van der Waals surface area contributed by atoms with E-state index in [0.29, 0.717) is 17.6 Å². The largest absolute Gasteiger partial charge is 0.494 e. The van der Waals surface area contributed by atoms with Gasteiger partial charge in [0.2, 0.25) is 5.95 Å². The van der Waals surface area contributed by atoms with Crippen LogP contribution in [0.2, 0.25) is 0 Å². The summed E-state index contributed by atoms with van der Waals surface area (Å²) >= 11 is 0. The molecule has 4 heterocycles. The predicted molar refractivity (Wildman–Crippen MR) is 187 cm³/mol. The van der Waals surface area contributed by atoms with Crippen LogP contribution in [-0.4, -0.2) is 39.3 Å². The van der Waals surface area contributed by atoms with Crippen LogP contribution >= 0.6 is 0 Å². The molecule has 1 aliphatic carbocycles. The van der Waals surface area contributed by atoms with Crippen molar-refractivity contribution in [3.8, 4) is 22.8 Å². The van der Waals surface area contributed by atoms with E-state index in [1.54, 1.807) is 0 Å². The summed E-state index contributed by atoms with van der Waals surface area (Å²) in [4.78, 5) is 17.7. The molecule has 2 aromatic heterocycles. The third-order valence-electron chi connectivity index (χ3n) is 10.1. The van der Waals surface area contributed by atoms with Crippen LogP contribution in [0.5, 0.6) is 0 Å². The van der Waals surface area contributed by atoms with Gasteiger partial charge in [0.15, 0.2) is 11.6 Å². The molecule has 2 aliphatic heterocycles. The smallest absolute Gasteiger partial charge is 0.456 e. The number of hydrogen-bond acceptors (Lipinski definition) is 7. The van der Waals surface area contributed by atoms with Crippen molar-refractivity contribution < 1.29 is 13.7 Å². The topological polar surface area (TPSA) is 73.5 Å². The summed E-state index contributed by atoms with van der Waals surface area (Å²) in [6.45, 7) is 8.28. The molecule has 2 unspecified atom stereocenters. The van der Waals surface area contributed by atoms with Crippen LogP contribution in [0.3, 0.4) is 0 Å². The number of benzene rings is 4. The summed E-state index contributed by atoms with van der Waals surface area (Å²) in [5.74, 6) is 2.02. The van der Waals surface area contributed by atoms with Crippen molar-refractivity contribution in [3.05, 3.63) is 121 Å². The normalized spacial score (nSPS) is 20.7. The molecule has 3 aliphatic rings. The highest BCUT2D eigenvalue weighted by molar-refractivity contribution is 6.62. The Labute approximate surface area is 273 Å². The second-order valence-electron chi connectivity index (χ2n) is 13.5. The van der Waals surface area contributed by atoms with Crippen molar-refractivity contribution in [2.75, 3.05) is 4.90 Å². The van der Waals surface area contributed by atoms with E-state index in [4.69, 9.17) is 28.7 Å². The third-order valence-corrected chi connectivity index (χ3v) is 10.1. The molecule has 47 heavy (non-hydrogen) atoms. The quantitative estimate of drug-likeness (QED) is 0.185. The van der Waals surface area contributed by atoms with E-state index in [1.807, 2.05) is 54.6 Å². The van der Waals surface area contributed by atoms with Crippen LogP contribution in [-0.2, 0) is 9.31 Å². The molecule has 0 spiro atoms. The van der Waals surface area contributed by atoms with E-state index in [-0.39, 0.29) is 12.0 Å². The fourth-order valence-electron chi connectivity index (χ4n) is 6.99. The number of allylic oxidation sites excluding steroid dienone is 2. The summed E-state index contributed by atoms with van der Waals surface area (Å²) in [6, 6.07) is 30.9. The van der Waals surface area contributed by atoms with Gasteiger partial charge in [-0.05, 0) is 56.9 Å². The van der Waals surface area contributed by atoms with Crippen LogP contribution in [0, 0.1) is 0 Å². The first-order valence-electron chi connectivity index (χ1n) is 16.1. The molecule has 0 saturated carbocycles. The molecule has 1 fully saturated rings. The van der Waals surface area contributed by atoms with E-state index in [0.717, 1.165) is 44.2 Å². The number of rotatable bonds is 4. The van der Waals surface area contributed by atoms with E-state index < -0.39 is 18.3 Å². The monoisotopic (exact) mass is 616 g/mol.